The predicted octanol–water partition coefficient (Wildman–Crippen LogP) is 3.02. The van der Waals surface area contributed by atoms with Crippen molar-refractivity contribution in [2.75, 3.05) is 20.1 Å². The topological polar surface area (TPSA) is 69.6 Å². The van der Waals surface area contributed by atoms with Crippen LogP contribution in [0.4, 0.5) is 4.79 Å². The Hall–Kier alpha value is -1.52. The lowest BCUT2D eigenvalue weighted by Gasteiger charge is -2.36. The van der Waals surface area contributed by atoms with Crippen LogP contribution in [0.15, 0.2) is 12.7 Å². The Morgan fingerprint density at radius 3 is 2.57 bits per heavy atom. The van der Waals surface area contributed by atoms with Crippen molar-refractivity contribution in [3.63, 3.8) is 0 Å². The van der Waals surface area contributed by atoms with Crippen molar-refractivity contribution < 1.29 is 14.7 Å². The van der Waals surface area contributed by atoms with E-state index < -0.39 is 5.97 Å². The van der Waals surface area contributed by atoms with Gasteiger partial charge in [-0.15, -0.1) is 6.58 Å². The monoisotopic (exact) mass is 296 g/mol. The van der Waals surface area contributed by atoms with Crippen LogP contribution in [0.25, 0.3) is 0 Å². The summed E-state index contributed by atoms with van der Waals surface area (Å²) in [5.41, 5.74) is -0.262. The quantitative estimate of drug-likeness (QED) is 0.534. The number of unbranched alkanes of at least 4 members (excludes halogenated alkanes) is 1. The van der Waals surface area contributed by atoms with E-state index in [0.717, 1.165) is 44.9 Å². The summed E-state index contributed by atoms with van der Waals surface area (Å²) in [6.45, 7) is 4.81. The van der Waals surface area contributed by atoms with E-state index in [-0.39, 0.29) is 17.9 Å². The molecule has 0 aromatic carbocycles. The van der Waals surface area contributed by atoms with Crippen LogP contribution in [0.5, 0.6) is 0 Å². The third-order valence-electron chi connectivity index (χ3n) is 4.30. The van der Waals surface area contributed by atoms with Crippen molar-refractivity contribution in [2.24, 2.45) is 5.41 Å². The molecule has 21 heavy (non-hydrogen) atoms. The molecule has 0 aliphatic heterocycles. The maximum atomic E-state index is 12.0. The number of carboxylic acids is 1. The van der Waals surface area contributed by atoms with E-state index in [9.17, 15) is 9.59 Å². The summed E-state index contributed by atoms with van der Waals surface area (Å²) in [5, 5.41) is 12.0. The van der Waals surface area contributed by atoms with Crippen LogP contribution in [-0.4, -0.2) is 42.1 Å². The van der Waals surface area contributed by atoms with Crippen molar-refractivity contribution >= 4 is 12.0 Å². The van der Waals surface area contributed by atoms with Gasteiger partial charge in [0.25, 0.3) is 0 Å². The smallest absolute Gasteiger partial charge is 0.317 e. The molecule has 2 amide bonds. The van der Waals surface area contributed by atoms with Crippen LogP contribution < -0.4 is 5.32 Å². The Bertz CT molecular complexity index is 363. The van der Waals surface area contributed by atoms with E-state index >= 15 is 0 Å². The number of carbonyl (C=O) groups excluding carboxylic acids is 1. The van der Waals surface area contributed by atoms with Gasteiger partial charge in [0.05, 0.1) is 6.42 Å². The zero-order valence-corrected chi connectivity index (χ0v) is 13.1. The number of carbonyl (C=O) groups is 2. The van der Waals surface area contributed by atoms with Crippen molar-refractivity contribution in [3.8, 4) is 0 Å². The van der Waals surface area contributed by atoms with Gasteiger partial charge in [0.15, 0.2) is 0 Å². The van der Waals surface area contributed by atoms with Crippen LogP contribution >= 0.6 is 0 Å². The predicted molar refractivity (Wildman–Crippen MR) is 83.2 cm³/mol. The molecule has 1 rings (SSSR count). The van der Waals surface area contributed by atoms with Gasteiger partial charge in [0.2, 0.25) is 0 Å². The number of hydrogen-bond acceptors (Lipinski definition) is 2. The van der Waals surface area contributed by atoms with Gasteiger partial charge < -0.3 is 15.3 Å². The molecule has 0 bridgehead atoms. The van der Waals surface area contributed by atoms with Crippen LogP contribution in [0.2, 0.25) is 0 Å². The average molecular weight is 296 g/mol. The first-order chi connectivity index (χ1) is 9.99. The zero-order valence-electron chi connectivity index (χ0n) is 13.1. The standard InChI is InChI=1S/C16H28N2O3/c1-3-4-8-11-18(2)15(21)17-13-16(12-14(19)20)9-6-5-7-10-16/h3H,1,4-13H2,2H3,(H,17,21)(H,19,20). The number of nitrogens with one attached hydrogen (secondary N) is 1. The molecule has 0 aromatic rings. The summed E-state index contributed by atoms with van der Waals surface area (Å²) in [5.74, 6) is -0.773. The summed E-state index contributed by atoms with van der Waals surface area (Å²) in [4.78, 5) is 24.8. The Morgan fingerprint density at radius 1 is 1.33 bits per heavy atom. The summed E-state index contributed by atoms with van der Waals surface area (Å²) >= 11 is 0. The molecule has 5 heteroatoms. The van der Waals surface area contributed by atoms with E-state index in [1.165, 1.54) is 0 Å². The van der Waals surface area contributed by atoms with Gasteiger partial charge in [-0.2, -0.15) is 0 Å². The largest absolute Gasteiger partial charge is 0.481 e. The molecule has 5 nitrogen and oxygen atoms in total. The van der Waals surface area contributed by atoms with Crippen LogP contribution in [0.3, 0.4) is 0 Å². The van der Waals surface area contributed by atoms with Gasteiger partial charge >= 0.3 is 12.0 Å². The lowest BCUT2D eigenvalue weighted by molar-refractivity contribution is -0.140. The molecule has 0 spiro atoms. The summed E-state index contributed by atoms with van der Waals surface area (Å²) in [6.07, 6.45) is 8.82. The minimum absolute atomic E-state index is 0.116. The molecule has 1 aliphatic carbocycles. The second-order valence-electron chi connectivity index (χ2n) is 6.14. The maximum absolute atomic E-state index is 12.0. The van der Waals surface area contributed by atoms with Gasteiger partial charge in [-0.3, -0.25) is 4.79 Å². The van der Waals surface area contributed by atoms with E-state index in [4.69, 9.17) is 5.11 Å². The maximum Gasteiger partial charge on any atom is 0.317 e. The number of allylic oxidation sites excluding steroid dienone is 1. The summed E-state index contributed by atoms with van der Waals surface area (Å²) < 4.78 is 0. The number of carboxylic acid groups (broad SMARTS) is 1. The van der Waals surface area contributed by atoms with Crippen molar-refractivity contribution in [2.45, 2.75) is 51.4 Å². The Labute approximate surface area is 127 Å². The van der Waals surface area contributed by atoms with Crippen LogP contribution in [0.1, 0.15) is 51.4 Å². The lowest BCUT2D eigenvalue weighted by atomic mass is 9.72. The number of nitrogens with zero attached hydrogens (tertiary/aromatic N) is 1. The zero-order chi connectivity index (χ0) is 15.7. The second kappa shape index (κ2) is 8.70. The molecule has 1 saturated carbocycles. The van der Waals surface area contributed by atoms with E-state index in [1.54, 1.807) is 11.9 Å². The Balaban J connectivity index is 2.46. The summed E-state index contributed by atoms with van der Waals surface area (Å²) in [7, 11) is 1.77. The van der Waals surface area contributed by atoms with Crippen molar-refractivity contribution in [1.82, 2.24) is 10.2 Å². The highest BCUT2D eigenvalue weighted by atomic mass is 16.4. The molecule has 2 N–H and O–H groups in total. The molecule has 0 unspecified atom stereocenters. The number of amides is 2. The Morgan fingerprint density at radius 2 is 2.00 bits per heavy atom. The normalized spacial score (nSPS) is 17.0. The fraction of sp³-hybridized carbons (Fsp3) is 0.750. The molecule has 0 radical (unpaired) electrons. The number of hydrogen-bond donors (Lipinski definition) is 2. The molecule has 1 fully saturated rings. The molecular weight excluding hydrogens is 268 g/mol. The van der Waals surface area contributed by atoms with Crippen molar-refractivity contribution in [1.29, 1.82) is 0 Å². The second-order valence-corrected chi connectivity index (χ2v) is 6.14. The SMILES string of the molecule is C=CCCCN(C)C(=O)NCC1(CC(=O)O)CCCCC1. The molecule has 120 valence electrons. The minimum atomic E-state index is -0.773. The molecule has 0 heterocycles. The highest BCUT2D eigenvalue weighted by Crippen LogP contribution is 2.38. The first-order valence-corrected chi connectivity index (χ1v) is 7.81. The highest BCUT2D eigenvalue weighted by molar-refractivity contribution is 5.74. The van der Waals surface area contributed by atoms with Gasteiger partial charge in [0.1, 0.15) is 0 Å². The van der Waals surface area contributed by atoms with E-state index in [0.29, 0.717) is 13.1 Å². The lowest BCUT2D eigenvalue weighted by Crippen LogP contribution is -2.45. The number of aliphatic carboxylic acids is 1. The molecular formula is C16H28N2O3. The van der Waals surface area contributed by atoms with E-state index in [1.807, 2.05) is 6.08 Å². The highest BCUT2D eigenvalue weighted by Gasteiger charge is 2.34. The first-order valence-electron chi connectivity index (χ1n) is 7.81. The average Bonchev–Trinajstić information content (AvgIpc) is 2.45. The minimum Gasteiger partial charge on any atom is -0.481 e. The first kappa shape index (κ1) is 17.5. The molecule has 0 atom stereocenters. The van der Waals surface area contributed by atoms with Crippen LogP contribution in [-0.2, 0) is 4.79 Å². The number of rotatable bonds is 8. The van der Waals surface area contributed by atoms with Gasteiger partial charge in [0, 0.05) is 20.1 Å². The summed E-state index contributed by atoms with van der Waals surface area (Å²) in [6, 6.07) is -0.116. The van der Waals surface area contributed by atoms with Gasteiger partial charge in [-0.25, -0.2) is 4.79 Å². The van der Waals surface area contributed by atoms with Crippen LogP contribution in [0, 0.1) is 5.41 Å². The van der Waals surface area contributed by atoms with Crippen molar-refractivity contribution in [3.05, 3.63) is 12.7 Å². The Kier molecular flexibility index (Phi) is 7.26. The number of urea groups is 1. The third-order valence-corrected chi connectivity index (χ3v) is 4.30. The fourth-order valence-electron chi connectivity index (χ4n) is 3.01. The third kappa shape index (κ3) is 6.19. The molecule has 0 aromatic heterocycles. The van der Waals surface area contributed by atoms with Gasteiger partial charge in [-0.1, -0.05) is 25.3 Å². The molecule has 1 aliphatic rings. The fourth-order valence-corrected chi connectivity index (χ4v) is 3.01. The van der Waals surface area contributed by atoms with Gasteiger partial charge in [-0.05, 0) is 31.1 Å². The van der Waals surface area contributed by atoms with E-state index in [2.05, 4.69) is 11.9 Å². The molecule has 0 saturated heterocycles.